The number of nitrogens with zero attached hydrogens (tertiary/aromatic N) is 1. The van der Waals surface area contributed by atoms with Gasteiger partial charge in [0.1, 0.15) is 0 Å². The number of benzene rings is 1. The number of rotatable bonds is 7. The van der Waals surface area contributed by atoms with E-state index in [1.165, 1.54) is 6.42 Å². The fourth-order valence-corrected chi connectivity index (χ4v) is 4.90. The molecular formula is C17H26Cl2N2O2S. The average Bonchev–Trinajstić information content (AvgIpc) is 2.46. The minimum atomic E-state index is -3.36. The van der Waals surface area contributed by atoms with E-state index in [1.54, 1.807) is 18.2 Å². The van der Waals surface area contributed by atoms with Gasteiger partial charge in [-0.3, -0.25) is 0 Å². The summed E-state index contributed by atoms with van der Waals surface area (Å²) in [6.07, 6.45) is 2.10. The highest BCUT2D eigenvalue weighted by Crippen LogP contribution is 2.23. The molecule has 1 aromatic carbocycles. The van der Waals surface area contributed by atoms with Gasteiger partial charge in [-0.1, -0.05) is 43.1 Å². The van der Waals surface area contributed by atoms with Crippen LogP contribution in [0.25, 0.3) is 0 Å². The Morgan fingerprint density at radius 1 is 1.17 bits per heavy atom. The molecule has 0 bridgehead atoms. The van der Waals surface area contributed by atoms with Crippen molar-refractivity contribution in [2.24, 2.45) is 11.8 Å². The summed E-state index contributed by atoms with van der Waals surface area (Å²) in [5, 5.41) is 0.800. The summed E-state index contributed by atoms with van der Waals surface area (Å²) in [4.78, 5) is 2.44. The molecule has 0 radical (unpaired) electrons. The van der Waals surface area contributed by atoms with Crippen molar-refractivity contribution in [1.82, 2.24) is 9.62 Å². The Labute approximate surface area is 155 Å². The number of likely N-dealkylation sites (tertiary alicyclic amines) is 1. The van der Waals surface area contributed by atoms with Crippen LogP contribution in [0.5, 0.6) is 0 Å². The van der Waals surface area contributed by atoms with Gasteiger partial charge in [-0.05, 0) is 48.9 Å². The van der Waals surface area contributed by atoms with E-state index < -0.39 is 10.0 Å². The number of hydrogen-bond donors (Lipinski definition) is 1. The van der Waals surface area contributed by atoms with Crippen molar-refractivity contribution >= 4 is 33.2 Å². The number of hydrogen-bond acceptors (Lipinski definition) is 3. The van der Waals surface area contributed by atoms with Crippen LogP contribution in [-0.4, -0.2) is 39.5 Å². The summed E-state index contributed by atoms with van der Waals surface area (Å²) < 4.78 is 27.0. The van der Waals surface area contributed by atoms with Crippen LogP contribution >= 0.6 is 23.2 Å². The van der Waals surface area contributed by atoms with Crippen LogP contribution in [0.4, 0.5) is 0 Å². The molecule has 0 aromatic heterocycles. The summed E-state index contributed by atoms with van der Waals surface area (Å²) in [5.74, 6) is 1.36. The topological polar surface area (TPSA) is 49.4 Å². The zero-order chi connectivity index (χ0) is 17.7. The molecule has 1 fully saturated rings. The number of piperidine rings is 1. The van der Waals surface area contributed by atoms with Crippen molar-refractivity contribution in [3.63, 3.8) is 0 Å². The van der Waals surface area contributed by atoms with E-state index in [-0.39, 0.29) is 5.75 Å². The van der Waals surface area contributed by atoms with Crippen LogP contribution in [0.15, 0.2) is 18.2 Å². The van der Waals surface area contributed by atoms with Gasteiger partial charge in [0.15, 0.2) is 0 Å². The Morgan fingerprint density at radius 3 is 2.46 bits per heavy atom. The first-order chi connectivity index (χ1) is 11.2. The predicted octanol–water partition coefficient (Wildman–Crippen LogP) is 3.78. The Kier molecular flexibility index (Phi) is 7.38. The van der Waals surface area contributed by atoms with E-state index in [0.717, 1.165) is 37.9 Å². The zero-order valence-corrected chi connectivity index (χ0v) is 16.6. The van der Waals surface area contributed by atoms with Crippen molar-refractivity contribution in [3.8, 4) is 0 Å². The van der Waals surface area contributed by atoms with Gasteiger partial charge >= 0.3 is 0 Å². The molecule has 1 saturated heterocycles. The molecule has 0 spiro atoms. The molecule has 0 saturated carbocycles. The lowest BCUT2D eigenvalue weighted by Crippen LogP contribution is -2.40. The monoisotopic (exact) mass is 392 g/mol. The van der Waals surface area contributed by atoms with Crippen LogP contribution in [0.3, 0.4) is 0 Å². The summed E-state index contributed by atoms with van der Waals surface area (Å²) in [6.45, 7) is 8.18. The van der Waals surface area contributed by atoms with Crippen molar-refractivity contribution in [2.45, 2.75) is 32.4 Å². The molecule has 24 heavy (non-hydrogen) atoms. The van der Waals surface area contributed by atoms with Crippen molar-refractivity contribution in [1.29, 1.82) is 0 Å². The van der Waals surface area contributed by atoms with Gasteiger partial charge in [-0.25, -0.2) is 13.1 Å². The van der Waals surface area contributed by atoms with Gasteiger partial charge in [-0.15, -0.1) is 0 Å². The van der Waals surface area contributed by atoms with Crippen LogP contribution in [-0.2, 0) is 15.8 Å². The van der Waals surface area contributed by atoms with E-state index in [2.05, 4.69) is 23.5 Å². The lowest BCUT2D eigenvalue weighted by molar-refractivity contribution is 0.140. The van der Waals surface area contributed by atoms with E-state index in [9.17, 15) is 8.42 Å². The van der Waals surface area contributed by atoms with Gasteiger partial charge in [0.2, 0.25) is 10.0 Å². The first-order valence-electron chi connectivity index (χ1n) is 8.39. The first kappa shape index (κ1) is 20.0. The van der Waals surface area contributed by atoms with E-state index >= 15 is 0 Å². The Hall–Kier alpha value is -0.330. The molecule has 1 heterocycles. The normalized spacial score (nSPS) is 22.7. The zero-order valence-electron chi connectivity index (χ0n) is 14.3. The maximum Gasteiger partial charge on any atom is 0.215 e. The molecule has 0 amide bonds. The summed E-state index contributed by atoms with van der Waals surface area (Å²) in [5.41, 5.74) is 0.635. The third-order valence-electron chi connectivity index (χ3n) is 4.26. The Balaban J connectivity index is 1.75. The van der Waals surface area contributed by atoms with Gasteiger partial charge < -0.3 is 4.90 Å². The highest BCUT2D eigenvalue weighted by atomic mass is 35.5. The molecule has 2 rings (SSSR count). The van der Waals surface area contributed by atoms with Gasteiger partial charge in [0.25, 0.3) is 0 Å². The maximum atomic E-state index is 12.2. The lowest BCUT2D eigenvalue weighted by Gasteiger charge is -2.34. The Morgan fingerprint density at radius 2 is 1.83 bits per heavy atom. The third kappa shape index (κ3) is 6.52. The molecule has 136 valence electrons. The number of halogens is 2. The molecule has 1 N–H and O–H groups in total. The molecule has 2 atom stereocenters. The summed E-state index contributed by atoms with van der Waals surface area (Å²) >= 11 is 11.8. The maximum absolute atomic E-state index is 12.2. The fourth-order valence-electron chi connectivity index (χ4n) is 3.40. The molecule has 0 aliphatic carbocycles. The smallest absolute Gasteiger partial charge is 0.215 e. The van der Waals surface area contributed by atoms with E-state index in [0.29, 0.717) is 22.2 Å². The van der Waals surface area contributed by atoms with E-state index in [4.69, 9.17) is 23.2 Å². The van der Waals surface area contributed by atoms with Gasteiger partial charge in [0.05, 0.1) is 15.8 Å². The fraction of sp³-hybridized carbons (Fsp3) is 0.647. The van der Waals surface area contributed by atoms with Crippen molar-refractivity contribution in [2.75, 3.05) is 26.2 Å². The Bertz CT molecular complexity index is 642. The molecule has 0 unspecified atom stereocenters. The minimum absolute atomic E-state index is 0.0817. The van der Waals surface area contributed by atoms with Crippen LogP contribution in [0.2, 0.25) is 10.0 Å². The predicted molar refractivity (Wildman–Crippen MR) is 101 cm³/mol. The second-order valence-electron chi connectivity index (χ2n) is 6.96. The van der Waals surface area contributed by atoms with Crippen molar-refractivity contribution < 1.29 is 8.42 Å². The molecule has 1 aromatic rings. The SMILES string of the molecule is C[C@H]1C[C@H](C)CN(CCCNS(=O)(=O)Cc2ccc(Cl)c(Cl)c2)C1. The summed E-state index contributed by atoms with van der Waals surface area (Å²) in [6, 6.07) is 4.90. The van der Waals surface area contributed by atoms with Crippen LogP contribution in [0.1, 0.15) is 32.3 Å². The first-order valence-corrected chi connectivity index (χ1v) is 10.8. The quantitative estimate of drug-likeness (QED) is 0.718. The molecular weight excluding hydrogens is 367 g/mol. The number of sulfonamides is 1. The minimum Gasteiger partial charge on any atom is -0.303 e. The second kappa shape index (κ2) is 8.86. The van der Waals surface area contributed by atoms with Gasteiger partial charge in [-0.2, -0.15) is 0 Å². The third-order valence-corrected chi connectivity index (χ3v) is 6.35. The highest BCUT2D eigenvalue weighted by molar-refractivity contribution is 7.88. The average molecular weight is 393 g/mol. The van der Waals surface area contributed by atoms with Crippen molar-refractivity contribution in [3.05, 3.63) is 33.8 Å². The van der Waals surface area contributed by atoms with Crippen LogP contribution < -0.4 is 4.72 Å². The lowest BCUT2D eigenvalue weighted by atomic mass is 9.92. The summed E-state index contributed by atoms with van der Waals surface area (Å²) in [7, 11) is -3.36. The largest absolute Gasteiger partial charge is 0.303 e. The molecule has 4 nitrogen and oxygen atoms in total. The van der Waals surface area contributed by atoms with Crippen LogP contribution in [0, 0.1) is 11.8 Å². The molecule has 1 aliphatic rings. The standard InChI is InChI=1S/C17H26Cl2N2O2S/c1-13-8-14(2)11-21(10-13)7-3-6-20-24(22,23)12-15-4-5-16(18)17(19)9-15/h4-5,9,13-14,20H,3,6-8,10-12H2,1-2H3/t13-,14-/m0/s1. The molecule has 7 heteroatoms. The second-order valence-corrected chi connectivity index (χ2v) is 9.58. The van der Waals surface area contributed by atoms with Gasteiger partial charge in [0, 0.05) is 19.6 Å². The highest BCUT2D eigenvalue weighted by Gasteiger charge is 2.21. The number of nitrogens with one attached hydrogen (secondary N) is 1. The molecule has 1 aliphatic heterocycles. The van der Waals surface area contributed by atoms with E-state index in [1.807, 2.05) is 0 Å².